The molecule has 0 spiro atoms. The van der Waals surface area contributed by atoms with Crippen LogP contribution in [0.2, 0.25) is 10.0 Å². The molecule has 1 aliphatic heterocycles. The monoisotopic (exact) mass is 573 g/mol. The normalized spacial score (nSPS) is 14.4. The van der Waals surface area contributed by atoms with Gasteiger partial charge in [-0.15, -0.1) is 0 Å². The number of morpholine rings is 1. The van der Waals surface area contributed by atoms with Crippen LogP contribution in [0.5, 0.6) is 0 Å². The van der Waals surface area contributed by atoms with E-state index in [9.17, 15) is 26.4 Å². The Kier molecular flexibility index (Phi) is 7.88. The third kappa shape index (κ3) is 6.48. The summed E-state index contributed by atoms with van der Waals surface area (Å²) in [6, 6.07) is 12.3. The summed E-state index contributed by atoms with van der Waals surface area (Å²) in [5.41, 5.74) is -0.968. The highest BCUT2D eigenvalue weighted by Crippen LogP contribution is 2.36. The molecular formula is C24H20Cl2F3N3O4S. The molecule has 3 aromatic rings. The van der Waals surface area contributed by atoms with E-state index in [1.807, 2.05) is 0 Å². The van der Waals surface area contributed by atoms with Gasteiger partial charge in [0.1, 0.15) is 0 Å². The second kappa shape index (κ2) is 10.8. The highest BCUT2D eigenvalue weighted by molar-refractivity contribution is 7.92. The molecule has 1 heterocycles. The maximum atomic E-state index is 13.4. The zero-order valence-electron chi connectivity index (χ0n) is 19.0. The Labute approximate surface area is 221 Å². The zero-order chi connectivity index (χ0) is 26.8. The van der Waals surface area contributed by atoms with Gasteiger partial charge in [-0.05, 0) is 60.7 Å². The highest BCUT2D eigenvalue weighted by atomic mass is 35.5. The van der Waals surface area contributed by atoms with Gasteiger partial charge in [0.25, 0.3) is 15.9 Å². The smallest absolute Gasteiger partial charge is 0.378 e. The third-order valence-corrected chi connectivity index (χ3v) is 7.39. The predicted molar refractivity (Wildman–Crippen MR) is 136 cm³/mol. The number of nitrogens with zero attached hydrogens (tertiary/aromatic N) is 1. The molecule has 0 aromatic heterocycles. The maximum Gasteiger partial charge on any atom is 0.416 e. The molecule has 4 rings (SSSR count). The number of alkyl halides is 3. The Bertz CT molecular complexity index is 1410. The Morgan fingerprint density at radius 2 is 1.54 bits per heavy atom. The van der Waals surface area contributed by atoms with Gasteiger partial charge in [-0.3, -0.25) is 9.52 Å². The average Bonchev–Trinajstić information content (AvgIpc) is 2.85. The van der Waals surface area contributed by atoms with E-state index >= 15 is 0 Å². The van der Waals surface area contributed by atoms with Crippen LogP contribution in [-0.4, -0.2) is 40.6 Å². The van der Waals surface area contributed by atoms with Gasteiger partial charge in [0.15, 0.2) is 0 Å². The summed E-state index contributed by atoms with van der Waals surface area (Å²) in [4.78, 5) is 15.0. The number of nitrogens with one attached hydrogen (secondary N) is 2. The number of anilines is 3. The number of hydrogen-bond donors (Lipinski definition) is 2. The van der Waals surface area contributed by atoms with Gasteiger partial charge in [-0.25, -0.2) is 8.42 Å². The van der Waals surface area contributed by atoms with Crippen molar-refractivity contribution in [3.8, 4) is 0 Å². The molecule has 1 amide bonds. The Balaban J connectivity index is 1.69. The number of carbonyl (C=O) groups is 1. The molecule has 0 saturated carbocycles. The molecule has 1 saturated heterocycles. The molecule has 37 heavy (non-hydrogen) atoms. The summed E-state index contributed by atoms with van der Waals surface area (Å²) in [5, 5.41) is 2.96. The lowest BCUT2D eigenvalue weighted by Crippen LogP contribution is -2.37. The van der Waals surface area contributed by atoms with Crippen LogP contribution < -0.4 is 14.9 Å². The summed E-state index contributed by atoms with van der Waals surface area (Å²) < 4.78 is 73.7. The predicted octanol–water partition coefficient (Wildman–Crippen LogP) is 5.90. The summed E-state index contributed by atoms with van der Waals surface area (Å²) in [6.07, 6.45) is -4.64. The number of hydrogen-bond acceptors (Lipinski definition) is 5. The van der Waals surface area contributed by atoms with Gasteiger partial charge in [0.05, 0.1) is 46.3 Å². The Morgan fingerprint density at radius 3 is 2.19 bits per heavy atom. The third-order valence-electron chi connectivity index (χ3n) is 5.52. The second-order valence-corrected chi connectivity index (χ2v) is 10.6. The minimum absolute atomic E-state index is 0.0896. The minimum Gasteiger partial charge on any atom is -0.378 e. The molecular weight excluding hydrogens is 554 g/mol. The van der Waals surface area contributed by atoms with E-state index in [1.54, 1.807) is 4.90 Å². The van der Waals surface area contributed by atoms with Gasteiger partial charge >= 0.3 is 6.18 Å². The standard InChI is InChI=1S/C24H20Cl2F3N3O4S/c25-16-2-5-18(6-3-16)37(34,35)31-20-7-4-17(26)14-19(20)23(33)30-21-13-15(24(27,28)29)1-8-22(21)32-9-11-36-12-10-32/h1-8,13-14,31H,9-12H2,(H,30,33). The van der Waals surface area contributed by atoms with Crippen LogP contribution in [0.15, 0.2) is 65.6 Å². The Hall–Kier alpha value is -2.99. The topological polar surface area (TPSA) is 87.7 Å². The molecule has 3 aromatic carbocycles. The van der Waals surface area contributed by atoms with E-state index in [-0.39, 0.29) is 26.9 Å². The van der Waals surface area contributed by atoms with E-state index in [2.05, 4.69) is 10.0 Å². The molecule has 0 atom stereocenters. The fourth-order valence-electron chi connectivity index (χ4n) is 3.69. The van der Waals surface area contributed by atoms with Crippen molar-refractivity contribution >= 4 is 56.2 Å². The first kappa shape index (κ1) is 27.1. The summed E-state index contributed by atoms with van der Waals surface area (Å²) in [5.74, 6) is -0.856. The summed E-state index contributed by atoms with van der Waals surface area (Å²) in [7, 11) is -4.13. The van der Waals surface area contributed by atoms with Crippen molar-refractivity contribution in [2.45, 2.75) is 11.1 Å². The summed E-state index contributed by atoms with van der Waals surface area (Å²) >= 11 is 11.9. The van der Waals surface area contributed by atoms with E-state index in [0.29, 0.717) is 37.0 Å². The second-order valence-electron chi connectivity index (χ2n) is 8.03. The van der Waals surface area contributed by atoms with Gasteiger partial charge in [0, 0.05) is 23.1 Å². The quantitative estimate of drug-likeness (QED) is 0.383. The first-order chi connectivity index (χ1) is 17.4. The maximum absolute atomic E-state index is 13.4. The van der Waals surface area contributed by atoms with Crippen LogP contribution in [0.25, 0.3) is 0 Å². The van der Waals surface area contributed by atoms with Crippen molar-refractivity contribution in [1.82, 2.24) is 0 Å². The lowest BCUT2D eigenvalue weighted by Gasteiger charge is -2.31. The zero-order valence-corrected chi connectivity index (χ0v) is 21.3. The van der Waals surface area contributed by atoms with Crippen molar-refractivity contribution in [1.29, 1.82) is 0 Å². The van der Waals surface area contributed by atoms with Gasteiger partial charge in [0.2, 0.25) is 0 Å². The molecule has 7 nitrogen and oxygen atoms in total. The molecule has 0 unspecified atom stereocenters. The van der Waals surface area contributed by atoms with Crippen LogP contribution in [0.3, 0.4) is 0 Å². The number of amides is 1. The van der Waals surface area contributed by atoms with Gasteiger partial charge in [-0.1, -0.05) is 23.2 Å². The molecule has 13 heteroatoms. The van der Waals surface area contributed by atoms with Crippen LogP contribution in [0.4, 0.5) is 30.2 Å². The van der Waals surface area contributed by atoms with Crippen molar-refractivity contribution in [3.05, 3.63) is 81.8 Å². The number of carbonyl (C=O) groups excluding carboxylic acids is 1. The van der Waals surface area contributed by atoms with Crippen molar-refractivity contribution < 1.29 is 31.1 Å². The molecule has 196 valence electrons. The SMILES string of the molecule is O=C(Nc1cc(C(F)(F)F)ccc1N1CCOCC1)c1cc(Cl)ccc1NS(=O)(=O)c1ccc(Cl)cc1. The number of halogens is 5. The number of benzene rings is 3. The fraction of sp³-hybridized carbons (Fsp3) is 0.208. The molecule has 0 radical (unpaired) electrons. The first-order valence-corrected chi connectivity index (χ1v) is 13.1. The largest absolute Gasteiger partial charge is 0.416 e. The number of rotatable bonds is 6. The highest BCUT2D eigenvalue weighted by Gasteiger charge is 2.32. The summed E-state index contributed by atoms with van der Waals surface area (Å²) in [6.45, 7) is 1.58. The van der Waals surface area contributed by atoms with Crippen LogP contribution >= 0.6 is 23.2 Å². The molecule has 0 aliphatic carbocycles. The first-order valence-electron chi connectivity index (χ1n) is 10.9. The van der Waals surface area contributed by atoms with Crippen molar-refractivity contribution in [3.63, 3.8) is 0 Å². The van der Waals surface area contributed by atoms with E-state index < -0.39 is 27.7 Å². The lowest BCUT2D eigenvalue weighted by atomic mass is 10.1. The van der Waals surface area contributed by atoms with Crippen molar-refractivity contribution in [2.24, 2.45) is 0 Å². The van der Waals surface area contributed by atoms with E-state index in [4.69, 9.17) is 27.9 Å². The fourth-order valence-corrected chi connectivity index (χ4v) is 5.07. The number of sulfonamides is 1. The molecule has 1 fully saturated rings. The van der Waals surface area contributed by atoms with Crippen LogP contribution in [-0.2, 0) is 20.9 Å². The number of ether oxygens (including phenoxy) is 1. The van der Waals surface area contributed by atoms with Crippen molar-refractivity contribution in [2.75, 3.05) is 41.2 Å². The molecule has 2 N–H and O–H groups in total. The van der Waals surface area contributed by atoms with Gasteiger partial charge in [-0.2, -0.15) is 13.2 Å². The molecule has 0 bridgehead atoms. The minimum atomic E-state index is -4.64. The Morgan fingerprint density at radius 1 is 0.892 bits per heavy atom. The molecule has 1 aliphatic rings. The van der Waals surface area contributed by atoms with E-state index in [0.717, 1.165) is 12.1 Å². The average molecular weight is 574 g/mol. The van der Waals surface area contributed by atoms with Gasteiger partial charge < -0.3 is 15.0 Å². The van der Waals surface area contributed by atoms with E-state index in [1.165, 1.54) is 48.5 Å². The van der Waals surface area contributed by atoms with Crippen LogP contribution in [0.1, 0.15) is 15.9 Å². The lowest BCUT2D eigenvalue weighted by molar-refractivity contribution is -0.137. The van der Waals surface area contributed by atoms with Crippen LogP contribution in [0, 0.1) is 0 Å².